The van der Waals surface area contributed by atoms with Gasteiger partial charge in [-0.15, -0.1) is 0 Å². The molecule has 0 spiro atoms. The van der Waals surface area contributed by atoms with Gasteiger partial charge in [-0.05, 0) is 24.8 Å². The number of anilines is 1. The van der Waals surface area contributed by atoms with Gasteiger partial charge in [0.1, 0.15) is 5.41 Å². The van der Waals surface area contributed by atoms with E-state index in [1.165, 1.54) is 0 Å². The zero-order valence-corrected chi connectivity index (χ0v) is 11.6. The minimum atomic E-state index is -0.832. The number of nitrogens with zero attached hydrogens (tertiary/aromatic N) is 3. The van der Waals surface area contributed by atoms with Gasteiger partial charge in [0, 0.05) is 6.20 Å². The molecule has 1 aliphatic rings. The van der Waals surface area contributed by atoms with E-state index >= 15 is 0 Å². The Hall–Kier alpha value is -2.61. The molecule has 1 aromatic carbocycles. The summed E-state index contributed by atoms with van der Waals surface area (Å²) in [6, 6.07) is 12.1. The van der Waals surface area contributed by atoms with Crippen molar-refractivity contribution in [1.29, 1.82) is 5.26 Å². The van der Waals surface area contributed by atoms with Crippen molar-refractivity contribution in [3.05, 3.63) is 48.3 Å². The van der Waals surface area contributed by atoms with Gasteiger partial charge in [0.05, 0.1) is 24.5 Å². The number of nitrogens with one attached hydrogen (secondary N) is 1. The molecule has 0 saturated heterocycles. The Labute approximate surface area is 123 Å². The first-order valence-electron chi connectivity index (χ1n) is 7.01. The van der Waals surface area contributed by atoms with Crippen LogP contribution in [0.2, 0.25) is 0 Å². The van der Waals surface area contributed by atoms with Crippen LogP contribution in [0.25, 0.3) is 0 Å². The van der Waals surface area contributed by atoms with Crippen LogP contribution in [0.1, 0.15) is 24.8 Å². The fourth-order valence-corrected chi connectivity index (χ4v) is 2.46. The summed E-state index contributed by atoms with van der Waals surface area (Å²) >= 11 is 0. The summed E-state index contributed by atoms with van der Waals surface area (Å²) in [7, 11) is 0. The van der Waals surface area contributed by atoms with Gasteiger partial charge in [-0.2, -0.15) is 10.4 Å². The highest BCUT2D eigenvalue weighted by Gasteiger charge is 2.44. The maximum absolute atomic E-state index is 12.1. The van der Waals surface area contributed by atoms with Crippen LogP contribution < -0.4 is 5.32 Å². The van der Waals surface area contributed by atoms with E-state index in [4.69, 9.17) is 5.26 Å². The maximum Gasteiger partial charge on any atom is 0.244 e. The third-order valence-corrected chi connectivity index (χ3v) is 3.93. The molecule has 1 amide bonds. The zero-order chi connectivity index (χ0) is 14.7. The van der Waals surface area contributed by atoms with Gasteiger partial charge in [0.25, 0.3) is 0 Å². The number of hydrogen-bond donors (Lipinski definition) is 1. The number of hydrogen-bond acceptors (Lipinski definition) is 3. The second-order valence-corrected chi connectivity index (χ2v) is 5.41. The second kappa shape index (κ2) is 5.41. The third kappa shape index (κ3) is 2.65. The Kier molecular flexibility index (Phi) is 3.44. The van der Waals surface area contributed by atoms with E-state index in [9.17, 15) is 4.79 Å². The largest absolute Gasteiger partial charge is 0.322 e. The van der Waals surface area contributed by atoms with Crippen molar-refractivity contribution in [2.75, 3.05) is 5.32 Å². The summed E-state index contributed by atoms with van der Waals surface area (Å²) in [5.41, 5.74) is 0.949. The van der Waals surface area contributed by atoms with Crippen LogP contribution in [0.3, 0.4) is 0 Å². The monoisotopic (exact) mass is 280 g/mol. The highest BCUT2D eigenvalue weighted by atomic mass is 16.2. The predicted molar refractivity (Wildman–Crippen MR) is 78.3 cm³/mol. The van der Waals surface area contributed by atoms with Crippen molar-refractivity contribution in [2.45, 2.75) is 25.8 Å². The normalized spacial score (nSPS) is 15.8. The lowest BCUT2D eigenvalue weighted by atomic mass is 9.69. The van der Waals surface area contributed by atoms with Crippen molar-refractivity contribution in [3.8, 4) is 6.07 Å². The van der Waals surface area contributed by atoms with Gasteiger partial charge in [-0.1, -0.05) is 30.3 Å². The molecule has 21 heavy (non-hydrogen) atoms. The molecule has 1 heterocycles. The van der Waals surface area contributed by atoms with Gasteiger partial charge in [0.15, 0.2) is 0 Å². The zero-order valence-electron chi connectivity index (χ0n) is 11.6. The van der Waals surface area contributed by atoms with E-state index in [1.807, 2.05) is 30.3 Å². The lowest BCUT2D eigenvalue weighted by Crippen LogP contribution is -2.40. The van der Waals surface area contributed by atoms with Crippen LogP contribution in [0.5, 0.6) is 0 Å². The third-order valence-electron chi connectivity index (χ3n) is 3.93. The Morgan fingerprint density at radius 2 is 2.14 bits per heavy atom. The van der Waals surface area contributed by atoms with E-state index < -0.39 is 5.41 Å². The van der Waals surface area contributed by atoms with Crippen LogP contribution in [0.4, 0.5) is 5.69 Å². The molecule has 1 aliphatic carbocycles. The average molecular weight is 280 g/mol. The summed E-state index contributed by atoms with van der Waals surface area (Å²) < 4.78 is 1.77. The Morgan fingerprint density at radius 3 is 2.76 bits per heavy atom. The fourth-order valence-electron chi connectivity index (χ4n) is 2.46. The lowest BCUT2D eigenvalue weighted by molar-refractivity contribution is -0.126. The first kappa shape index (κ1) is 13.4. The van der Waals surface area contributed by atoms with E-state index in [2.05, 4.69) is 16.5 Å². The van der Waals surface area contributed by atoms with Gasteiger partial charge in [-0.3, -0.25) is 9.48 Å². The molecular formula is C16H16N4O. The molecule has 0 radical (unpaired) electrons. The quantitative estimate of drug-likeness (QED) is 0.935. The number of benzene rings is 1. The van der Waals surface area contributed by atoms with Gasteiger partial charge in [-0.25, -0.2) is 0 Å². The van der Waals surface area contributed by atoms with Crippen molar-refractivity contribution in [1.82, 2.24) is 9.78 Å². The van der Waals surface area contributed by atoms with Crippen molar-refractivity contribution < 1.29 is 4.79 Å². The summed E-state index contributed by atoms with van der Waals surface area (Å²) in [5, 5.41) is 16.2. The molecule has 1 fully saturated rings. The summed E-state index contributed by atoms with van der Waals surface area (Å²) in [4.78, 5) is 12.1. The average Bonchev–Trinajstić information content (AvgIpc) is 2.86. The topological polar surface area (TPSA) is 70.7 Å². The van der Waals surface area contributed by atoms with E-state index in [0.29, 0.717) is 25.1 Å². The number of carbonyl (C=O) groups excluding carboxylic acids is 1. The van der Waals surface area contributed by atoms with Gasteiger partial charge < -0.3 is 5.32 Å². The van der Waals surface area contributed by atoms with Crippen LogP contribution in [-0.4, -0.2) is 15.7 Å². The fraction of sp³-hybridized carbons (Fsp3) is 0.312. The highest BCUT2D eigenvalue weighted by molar-refractivity contribution is 5.97. The number of carbonyl (C=O) groups is 1. The number of amides is 1. The van der Waals surface area contributed by atoms with Crippen molar-refractivity contribution in [2.24, 2.45) is 5.41 Å². The van der Waals surface area contributed by atoms with Crippen LogP contribution in [0, 0.1) is 16.7 Å². The standard InChI is InChI=1S/C16H16N4O/c17-12-16(7-4-8-16)15(21)19-14-9-18-20(11-14)10-13-5-2-1-3-6-13/h1-3,5-6,9,11H,4,7-8,10H2,(H,19,21). The molecule has 0 atom stereocenters. The molecule has 2 aromatic rings. The van der Waals surface area contributed by atoms with Crippen LogP contribution >= 0.6 is 0 Å². The minimum Gasteiger partial charge on any atom is -0.322 e. The Balaban J connectivity index is 1.66. The van der Waals surface area contributed by atoms with E-state index in [0.717, 1.165) is 12.0 Å². The van der Waals surface area contributed by atoms with Crippen molar-refractivity contribution in [3.63, 3.8) is 0 Å². The molecule has 3 rings (SSSR count). The SMILES string of the molecule is N#CC1(C(=O)Nc2cnn(Cc3ccccc3)c2)CCC1. The van der Waals surface area contributed by atoms with Gasteiger partial charge in [0.2, 0.25) is 5.91 Å². The van der Waals surface area contributed by atoms with Crippen LogP contribution in [0.15, 0.2) is 42.7 Å². The predicted octanol–water partition coefficient (Wildman–Crippen LogP) is 2.56. The smallest absolute Gasteiger partial charge is 0.244 e. The molecule has 106 valence electrons. The first-order chi connectivity index (χ1) is 10.2. The molecule has 0 bridgehead atoms. The van der Waals surface area contributed by atoms with Crippen LogP contribution in [-0.2, 0) is 11.3 Å². The molecule has 1 saturated carbocycles. The molecule has 1 N–H and O–H groups in total. The van der Waals surface area contributed by atoms with E-state index in [1.54, 1.807) is 17.1 Å². The second-order valence-electron chi connectivity index (χ2n) is 5.41. The minimum absolute atomic E-state index is 0.212. The molecule has 1 aromatic heterocycles. The first-order valence-corrected chi connectivity index (χ1v) is 7.01. The lowest BCUT2D eigenvalue weighted by Gasteiger charge is -2.33. The maximum atomic E-state index is 12.1. The Morgan fingerprint density at radius 1 is 1.38 bits per heavy atom. The summed E-state index contributed by atoms with van der Waals surface area (Å²) in [5.74, 6) is -0.212. The van der Waals surface area contributed by atoms with E-state index in [-0.39, 0.29) is 5.91 Å². The Bertz CT molecular complexity index is 680. The van der Waals surface area contributed by atoms with Gasteiger partial charge >= 0.3 is 0 Å². The molecule has 5 nitrogen and oxygen atoms in total. The number of nitriles is 1. The van der Waals surface area contributed by atoms with Crippen molar-refractivity contribution >= 4 is 11.6 Å². The molecule has 5 heteroatoms. The number of aromatic nitrogens is 2. The molecular weight excluding hydrogens is 264 g/mol. The molecule has 0 aliphatic heterocycles. The summed E-state index contributed by atoms with van der Waals surface area (Å²) in [6.45, 7) is 0.653. The number of rotatable bonds is 4. The molecule has 0 unspecified atom stereocenters. The highest BCUT2D eigenvalue weighted by Crippen LogP contribution is 2.41. The summed E-state index contributed by atoms with van der Waals surface area (Å²) in [6.07, 6.45) is 5.63.